The first-order chi connectivity index (χ1) is 6.53. The van der Waals surface area contributed by atoms with E-state index in [0.717, 1.165) is 5.57 Å². The normalized spacial score (nSPS) is 25.5. The summed E-state index contributed by atoms with van der Waals surface area (Å²) in [6.45, 7) is 3.85. The Balaban J connectivity index is 3.08. The van der Waals surface area contributed by atoms with Crippen LogP contribution in [0.1, 0.15) is 20.3 Å². The summed E-state index contributed by atoms with van der Waals surface area (Å²) in [5.74, 6) is 0. The first kappa shape index (κ1) is 12.3. The van der Waals surface area contributed by atoms with Crippen LogP contribution >= 0.6 is 7.60 Å². The zero-order valence-electron chi connectivity index (χ0n) is 8.10. The molecule has 0 saturated carbocycles. The Morgan fingerprint density at radius 3 is 2.79 bits per heavy atom. The van der Waals surface area contributed by atoms with Crippen molar-refractivity contribution in [2.24, 2.45) is 0 Å². The molecule has 1 aliphatic heterocycles. The van der Waals surface area contributed by atoms with Crippen LogP contribution in [0.25, 0.3) is 0 Å². The van der Waals surface area contributed by atoms with Crippen molar-refractivity contribution < 1.29 is 14.0 Å². The van der Waals surface area contributed by atoms with Gasteiger partial charge in [0.25, 0.3) is 0 Å². The van der Waals surface area contributed by atoms with E-state index in [1.807, 2.05) is 13.0 Å². The van der Waals surface area contributed by atoms with Crippen molar-refractivity contribution in [3.05, 3.63) is 21.7 Å². The highest BCUT2D eigenvalue weighted by Crippen LogP contribution is 2.56. The molecule has 1 N–H and O–H groups in total. The second-order valence-corrected chi connectivity index (χ2v) is 7.12. The van der Waals surface area contributed by atoms with Crippen molar-refractivity contribution in [1.29, 1.82) is 0 Å². The molecule has 0 fully saturated rings. The third-order valence-electron chi connectivity index (χ3n) is 1.80. The molecule has 80 valence electrons. The van der Waals surface area contributed by atoms with Crippen LogP contribution in [0.4, 0.5) is 0 Å². The van der Waals surface area contributed by atoms with Crippen LogP contribution in [0.2, 0.25) is 0 Å². The van der Waals surface area contributed by atoms with Crippen molar-refractivity contribution >= 4 is 28.2 Å². The molecule has 0 spiro atoms. The average Bonchev–Trinajstić information content (AvgIpc) is 2.47. The molecule has 0 bridgehead atoms. The second kappa shape index (κ2) is 4.81. The molecule has 0 radical (unpaired) electrons. The number of hydrogen-bond acceptors (Lipinski definition) is 3. The second-order valence-electron chi connectivity index (χ2n) is 2.72. The quantitative estimate of drug-likeness (QED) is 0.781. The van der Waals surface area contributed by atoms with Gasteiger partial charge in [0, 0.05) is 0 Å². The van der Waals surface area contributed by atoms with Gasteiger partial charge in [0.15, 0.2) is 0 Å². The van der Waals surface area contributed by atoms with Gasteiger partial charge in [-0.1, -0.05) is 22.5 Å². The highest BCUT2D eigenvalue weighted by molar-refractivity contribution is 8.35. The summed E-state index contributed by atoms with van der Waals surface area (Å²) in [5, 5.41) is 1.78. The van der Waals surface area contributed by atoms with E-state index < -0.39 is 17.1 Å². The fourth-order valence-electron chi connectivity index (χ4n) is 1.21. The molecule has 1 aliphatic rings. The first-order valence-electron chi connectivity index (χ1n) is 4.32. The van der Waals surface area contributed by atoms with Crippen LogP contribution in [0, 0.1) is 0 Å². The van der Waals surface area contributed by atoms with Gasteiger partial charge in [-0.3, -0.25) is 4.57 Å². The molecule has 0 aromatic heterocycles. The molecule has 3 nitrogen and oxygen atoms in total. The van der Waals surface area contributed by atoms with Crippen molar-refractivity contribution in [3.8, 4) is 0 Å². The molecular weight excluding hydrogens is 239 g/mol. The van der Waals surface area contributed by atoms with Crippen LogP contribution < -0.4 is 0 Å². The van der Waals surface area contributed by atoms with Gasteiger partial charge in [0.05, 0.1) is 6.61 Å². The van der Waals surface area contributed by atoms with E-state index in [1.165, 1.54) is 0 Å². The number of rotatable bonds is 4. The lowest BCUT2D eigenvalue weighted by Crippen LogP contribution is -1.96. The van der Waals surface area contributed by atoms with Crippen LogP contribution in [0.15, 0.2) is 21.7 Å². The molecule has 2 unspecified atom stereocenters. The van der Waals surface area contributed by atoms with Crippen LogP contribution in [-0.2, 0) is 29.7 Å². The van der Waals surface area contributed by atoms with Gasteiger partial charge >= 0.3 is 7.60 Å². The van der Waals surface area contributed by atoms with E-state index in [2.05, 4.69) is 0 Å². The van der Waals surface area contributed by atoms with Crippen molar-refractivity contribution in [1.82, 2.24) is 0 Å². The standard InChI is InChI=1S/C8H13O3PS2/c1-3-7-5-6-14(13)8(7)12(9,10)11-4-2/h5-6H,3-4H2,1-2H3,(H,9,10). The zero-order chi connectivity index (χ0) is 10.8. The van der Waals surface area contributed by atoms with E-state index in [-0.39, 0.29) is 6.61 Å². The van der Waals surface area contributed by atoms with Crippen molar-refractivity contribution in [2.75, 3.05) is 6.61 Å². The lowest BCUT2D eigenvalue weighted by Gasteiger charge is -2.13. The van der Waals surface area contributed by atoms with Gasteiger partial charge in [0.2, 0.25) is 0 Å². The minimum Gasteiger partial charge on any atom is -0.321 e. The van der Waals surface area contributed by atoms with Crippen molar-refractivity contribution in [3.63, 3.8) is 0 Å². The van der Waals surface area contributed by atoms with Gasteiger partial charge in [-0.2, -0.15) is 0 Å². The largest absolute Gasteiger partial charge is 0.365 e. The summed E-state index contributed by atoms with van der Waals surface area (Å²) in [6.07, 6.45) is 2.54. The van der Waals surface area contributed by atoms with Crippen LogP contribution in [-0.4, -0.2) is 11.5 Å². The Bertz CT molecular complexity index is 360. The van der Waals surface area contributed by atoms with Gasteiger partial charge in [-0.15, -0.1) is 0 Å². The molecule has 0 aliphatic carbocycles. The summed E-state index contributed by atoms with van der Waals surface area (Å²) in [7, 11) is -4.31. The van der Waals surface area contributed by atoms with E-state index in [1.54, 1.807) is 12.3 Å². The summed E-state index contributed by atoms with van der Waals surface area (Å²) >= 11 is 5.10. The molecule has 0 saturated heterocycles. The predicted molar refractivity (Wildman–Crippen MR) is 62.6 cm³/mol. The van der Waals surface area contributed by atoms with E-state index in [4.69, 9.17) is 15.7 Å². The fraction of sp³-hybridized carbons (Fsp3) is 0.500. The summed E-state index contributed by atoms with van der Waals surface area (Å²) in [4.78, 5) is 9.66. The highest BCUT2D eigenvalue weighted by atomic mass is 32.8. The van der Waals surface area contributed by atoms with Gasteiger partial charge in [-0.25, -0.2) is 0 Å². The average molecular weight is 252 g/mol. The maximum Gasteiger partial charge on any atom is 0.365 e. The predicted octanol–water partition coefficient (Wildman–Crippen LogP) is 2.44. The topological polar surface area (TPSA) is 46.5 Å². The Morgan fingerprint density at radius 2 is 2.29 bits per heavy atom. The first-order valence-corrected chi connectivity index (χ1v) is 8.11. The minimum atomic E-state index is -3.64. The third-order valence-corrected chi connectivity index (χ3v) is 6.72. The van der Waals surface area contributed by atoms with E-state index >= 15 is 0 Å². The van der Waals surface area contributed by atoms with Gasteiger partial charge in [-0.05, 0) is 35.5 Å². The number of allylic oxidation sites excluding steroid dienone is 2. The molecule has 0 aromatic carbocycles. The molecule has 1 heterocycles. The maximum absolute atomic E-state index is 11.8. The van der Waals surface area contributed by atoms with Gasteiger partial charge in [0.1, 0.15) is 4.65 Å². The van der Waals surface area contributed by atoms with Crippen LogP contribution in [0.3, 0.4) is 0 Å². The monoisotopic (exact) mass is 252 g/mol. The highest BCUT2D eigenvalue weighted by Gasteiger charge is 2.31. The van der Waals surface area contributed by atoms with E-state index in [0.29, 0.717) is 11.1 Å². The molecule has 0 aromatic rings. The Kier molecular flexibility index (Phi) is 4.22. The third kappa shape index (κ3) is 2.41. The summed E-state index contributed by atoms with van der Waals surface area (Å²) in [5.41, 5.74) is 0.850. The Morgan fingerprint density at radius 1 is 1.64 bits per heavy atom. The lowest BCUT2D eigenvalue weighted by molar-refractivity contribution is 0.282. The maximum atomic E-state index is 11.8. The Labute approximate surface area is 91.0 Å². The number of hydrogen-bond donors (Lipinski definition) is 1. The molecule has 2 atom stereocenters. The van der Waals surface area contributed by atoms with Crippen molar-refractivity contribution in [2.45, 2.75) is 20.3 Å². The van der Waals surface area contributed by atoms with E-state index in [9.17, 15) is 9.46 Å². The lowest BCUT2D eigenvalue weighted by atomic mass is 10.2. The smallest absolute Gasteiger partial charge is 0.321 e. The molecule has 6 heteroatoms. The molecule has 0 amide bonds. The zero-order valence-corrected chi connectivity index (χ0v) is 10.6. The summed E-state index contributed by atoms with van der Waals surface area (Å²) < 4.78 is 17.1. The fourth-order valence-corrected chi connectivity index (χ4v) is 5.74. The molecule has 14 heavy (non-hydrogen) atoms. The summed E-state index contributed by atoms with van der Waals surface area (Å²) in [6, 6.07) is 0. The SMILES string of the molecule is CCOP(=O)(O)C1=C(CC)C=CS1=S. The molecular formula is C8H13O3PS2. The Hall–Kier alpha value is 0.200. The van der Waals surface area contributed by atoms with Crippen LogP contribution in [0.5, 0.6) is 0 Å². The minimum absolute atomic E-state index is 0.223. The molecule has 1 rings (SSSR count). The van der Waals surface area contributed by atoms with Gasteiger partial charge < -0.3 is 9.42 Å².